The normalized spacial score (nSPS) is 15.5. The Hall–Kier alpha value is -2.62. The summed E-state index contributed by atoms with van der Waals surface area (Å²) in [6.45, 7) is 9.03. The second-order valence-corrected chi connectivity index (χ2v) is 8.17. The van der Waals surface area contributed by atoms with E-state index >= 15 is 0 Å². The number of carbonyl (C=O) groups is 2. The standard InChI is InChI=1S/C23H28N2O2/c1-7-25-21-12-17(15(2)10-19(21)23(3,4)13-22(25)27)18-11-16(14-26)8-9-20(18)24(5)6/h8-12,14H,7,13H2,1-6H3. The zero-order chi connectivity index (χ0) is 19.9. The largest absolute Gasteiger partial charge is 0.377 e. The number of aldehydes is 1. The van der Waals surface area contributed by atoms with Crippen molar-refractivity contribution in [2.24, 2.45) is 0 Å². The molecule has 3 rings (SSSR count). The van der Waals surface area contributed by atoms with E-state index in [2.05, 4.69) is 37.8 Å². The third-order valence-corrected chi connectivity index (χ3v) is 5.50. The van der Waals surface area contributed by atoms with Crippen LogP contribution in [0.1, 0.15) is 48.7 Å². The molecule has 2 aromatic carbocycles. The average Bonchev–Trinajstić information content (AvgIpc) is 2.61. The number of aryl methyl sites for hydroxylation is 1. The zero-order valence-corrected chi connectivity index (χ0v) is 17.1. The van der Waals surface area contributed by atoms with Crippen LogP contribution in [0.5, 0.6) is 0 Å². The first kappa shape index (κ1) is 19.2. The summed E-state index contributed by atoms with van der Waals surface area (Å²) in [6.07, 6.45) is 1.40. The van der Waals surface area contributed by atoms with E-state index in [0.717, 1.165) is 34.4 Å². The molecule has 1 heterocycles. The van der Waals surface area contributed by atoms with Crippen LogP contribution in [0.2, 0.25) is 0 Å². The molecule has 0 unspecified atom stereocenters. The molecule has 4 nitrogen and oxygen atoms in total. The number of rotatable bonds is 4. The van der Waals surface area contributed by atoms with Crippen LogP contribution in [0.15, 0.2) is 30.3 Å². The minimum Gasteiger partial charge on any atom is -0.377 e. The van der Waals surface area contributed by atoms with Gasteiger partial charge in [-0.3, -0.25) is 9.59 Å². The molecule has 0 spiro atoms. The van der Waals surface area contributed by atoms with Crippen LogP contribution in [-0.2, 0) is 10.2 Å². The number of amides is 1. The first-order chi connectivity index (χ1) is 12.7. The van der Waals surface area contributed by atoms with Gasteiger partial charge in [-0.2, -0.15) is 0 Å². The Balaban J connectivity index is 2.30. The van der Waals surface area contributed by atoms with Gasteiger partial charge in [-0.15, -0.1) is 0 Å². The third kappa shape index (κ3) is 3.25. The van der Waals surface area contributed by atoms with Gasteiger partial charge in [0.2, 0.25) is 5.91 Å². The fraction of sp³-hybridized carbons (Fsp3) is 0.391. The van der Waals surface area contributed by atoms with E-state index in [1.807, 2.05) is 44.1 Å². The Morgan fingerprint density at radius 2 is 1.85 bits per heavy atom. The molecule has 2 aromatic rings. The van der Waals surface area contributed by atoms with E-state index in [9.17, 15) is 9.59 Å². The molecule has 4 heteroatoms. The van der Waals surface area contributed by atoms with E-state index in [-0.39, 0.29) is 11.3 Å². The Kier molecular flexibility index (Phi) is 4.85. The number of hydrogen-bond donors (Lipinski definition) is 0. The van der Waals surface area contributed by atoms with Gasteiger partial charge in [0.05, 0.1) is 0 Å². The van der Waals surface area contributed by atoms with Crippen molar-refractivity contribution in [1.29, 1.82) is 0 Å². The van der Waals surface area contributed by atoms with Crippen molar-refractivity contribution in [3.05, 3.63) is 47.0 Å². The Bertz CT molecular complexity index is 913. The molecule has 0 radical (unpaired) electrons. The summed E-state index contributed by atoms with van der Waals surface area (Å²) in [6, 6.07) is 10.1. The number of carbonyl (C=O) groups excluding carboxylic acids is 2. The molecule has 0 saturated carbocycles. The van der Waals surface area contributed by atoms with E-state index in [0.29, 0.717) is 18.5 Å². The van der Waals surface area contributed by atoms with Crippen LogP contribution >= 0.6 is 0 Å². The van der Waals surface area contributed by atoms with Crippen LogP contribution in [0.25, 0.3) is 11.1 Å². The molecule has 0 atom stereocenters. The lowest BCUT2D eigenvalue weighted by molar-refractivity contribution is -0.120. The monoisotopic (exact) mass is 364 g/mol. The molecule has 0 N–H and O–H groups in total. The second-order valence-electron chi connectivity index (χ2n) is 8.17. The summed E-state index contributed by atoms with van der Waals surface area (Å²) in [5.41, 5.74) is 6.93. The maximum absolute atomic E-state index is 12.7. The van der Waals surface area contributed by atoms with Crippen LogP contribution in [-0.4, -0.2) is 32.8 Å². The van der Waals surface area contributed by atoms with Gasteiger partial charge in [0.25, 0.3) is 0 Å². The summed E-state index contributed by atoms with van der Waals surface area (Å²) in [5.74, 6) is 0.166. The molecule has 0 aromatic heterocycles. The summed E-state index contributed by atoms with van der Waals surface area (Å²) in [5, 5.41) is 0. The number of fused-ring (bicyclic) bond motifs is 1. The molecular formula is C23H28N2O2. The highest BCUT2D eigenvalue weighted by Gasteiger charge is 2.36. The van der Waals surface area contributed by atoms with Gasteiger partial charge >= 0.3 is 0 Å². The zero-order valence-electron chi connectivity index (χ0n) is 17.1. The van der Waals surface area contributed by atoms with Crippen molar-refractivity contribution >= 4 is 23.6 Å². The SMILES string of the molecule is CCN1C(=O)CC(C)(C)c2cc(C)c(-c3cc(C=O)ccc3N(C)C)cc21. The maximum Gasteiger partial charge on any atom is 0.227 e. The topological polar surface area (TPSA) is 40.6 Å². The van der Waals surface area contributed by atoms with Crippen molar-refractivity contribution in [3.63, 3.8) is 0 Å². The van der Waals surface area contributed by atoms with Gasteiger partial charge in [0.15, 0.2) is 0 Å². The lowest BCUT2D eigenvalue weighted by Crippen LogP contribution is -2.41. The summed E-state index contributed by atoms with van der Waals surface area (Å²) in [4.78, 5) is 28.0. The number of benzene rings is 2. The molecule has 27 heavy (non-hydrogen) atoms. The molecule has 1 aliphatic heterocycles. The number of nitrogens with zero attached hydrogens (tertiary/aromatic N) is 2. The Morgan fingerprint density at radius 3 is 2.44 bits per heavy atom. The van der Waals surface area contributed by atoms with Crippen LogP contribution in [0.3, 0.4) is 0 Å². The lowest BCUT2D eigenvalue weighted by atomic mass is 9.75. The van der Waals surface area contributed by atoms with Crippen molar-refractivity contribution in [3.8, 4) is 11.1 Å². The smallest absolute Gasteiger partial charge is 0.227 e. The van der Waals surface area contributed by atoms with Gasteiger partial charge < -0.3 is 9.80 Å². The maximum atomic E-state index is 12.7. The van der Waals surface area contributed by atoms with Gasteiger partial charge in [-0.1, -0.05) is 19.9 Å². The molecule has 0 bridgehead atoms. The summed E-state index contributed by atoms with van der Waals surface area (Å²) >= 11 is 0. The molecule has 142 valence electrons. The second kappa shape index (κ2) is 6.84. The highest BCUT2D eigenvalue weighted by molar-refractivity contribution is 5.99. The highest BCUT2D eigenvalue weighted by atomic mass is 16.2. The minimum atomic E-state index is -0.184. The first-order valence-corrected chi connectivity index (χ1v) is 9.42. The lowest BCUT2D eigenvalue weighted by Gasteiger charge is -2.39. The predicted molar refractivity (Wildman–Crippen MR) is 112 cm³/mol. The molecule has 1 amide bonds. The number of anilines is 2. The van der Waals surface area contributed by atoms with Crippen molar-refractivity contribution < 1.29 is 9.59 Å². The first-order valence-electron chi connectivity index (χ1n) is 9.42. The van der Waals surface area contributed by atoms with Crippen molar-refractivity contribution in [2.75, 3.05) is 30.4 Å². The summed E-state index contributed by atoms with van der Waals surface area (Å²) in [7, 11) is 4.00. The van der Waals surface area contributed by atoms with E-state index in [1.165, 1.54) is 5.56 Å². The molecule has 0 fully saturated rings. The van der Waals surface area contributed by atoms with E-state index in [1.54, 1.807) is 0 Å². The van der Waals surface area contributed by atoms with Gasteiger partial charge in [0, 0.05) is 55.0 Å². The Morgan fingerprint density at radius 1 is 1.15 bits per heavy atom. The fourth-order valence-electron chi connectivity index (χ4n) is 4.03. The highest BCUT2D eigenvalue weighted by Crippen LogP contribution is 2.44. The molecule has 0 aliphatic carbocycles. The van der Waals surface area contributed by atoms with Crippen LogP contribution < -0.4 is 9.80 Å². The van der Waals surface area contributed by atoms with Crippen molar-refractivity contribution in [1.82, 2.24) is 0 Å². The third-order valence-electron chi connectivity index (χ3n) is 5.50. The van der Waals surface area contributed by atoms with Crippen LogP contribution in [0, 0.1) is 6.92 Å². The molecule has 0 saturated heterocycles. The van der Waals surface area contributed by atoms with Gasteiger partial charge in [0.1, 0.15) is 6.29 Å². The quantitative estimate of drug-likeness (QED) is 0.746. The predicted octanol–water partition coefficient (Wildman–Crippen LogP) is 4.57. The molecule has 1 aliphatic rings. The minimum absolute atomic E-state index is 0.166. The average molecular weight is 364 g/mol. The summed E-state index contributed by atoms with van der Waals surface area (Å²) < 4.78 is 0. The van der Waals surface area contributed by atoms with Gasteiger partial charge in [-0.25, -0.2) is 0 Å². The van der Waals surface area contributed by atoms with Crippen LogP contribution in [0.4, 0.5) is 11.4 Å². The van der Waals surface area contributed by atoms with Crippen molar-refractivity contribution in [2.45, 2.75) is 39.5 Å². The van der Waals surface area contributed by atoms with Gasteiger partial charge in [-0.05, 0) is 54.8 Å². The Labute approximate surface area is 161 Å². The van der Waals surface area contributed by atoms with E-state index in [4.69, 9.17) is 0 Å². The van der Waals surface area contributed by atoms with E-state index < -0.39 is 0 Å². The fourth-order valence-corrected chi connectivity index (χ4v) is 4.03. The molecular weight excluding hydrogens is 336 g/mol. The number of hydrogen-bond acceptors (Lipinski definition) is 3.